The summed E-state index contributed by atoms with van der Waals surface area (Å²) in [6.45, 7) is 5.52. The molecular formula is C21H22Cl2N4O3S3. The van der Waals surface area contributed by atoms with Crippen molar-refractivity contribution in [3.05, 3.63) is 58.1 Å². The number of benzene rings is 2. The molecular weight excluding hydrogens is 523 g/mol. The Morgan fingerprint density at radius 2 is 1.85 bits per heavy atom. The highest BCUT2D eigenvalue weighted by Crippen LogP contribution is 2.33. The third-order valence-corrected chi connectivity index (χ3v) is 8.99. The molecule has 0 unspecified atom stereocenters. The molecule has 0 saturated carbocycles. The normalized spacial score (nSPS) is 11.6. The number of anilines is 2. The number of thioether (sulfide) groups is 1. The monoisotopic (exact) mass is 544 g/mol. The first-order valence-corrected chi connectivity index (χ1v) is 13.9. The number of carbonyl (C=O) groups is 1. The van der Waals surface area contributed by atoms with E-state index >= 15 is 0 Å². The van der Waals surface area contributed by atoms with Gasteiger partial charge in [0.1, 0.15) is 6.54 Å². The van der Waals surface area contributed by atoms with Crippen LogP contribution in [0, 0.1) is 12.8 Å². The van der Waals surface area contributed by atoms with Gasteiger partial charge in [0, 0.05) is 10.8 Å². The van der Waals surface area contributed by atoms with E-state index in [1.807, 2.05) is 6.92 Å². The number of carbonyl (C=O) groups excluding carboxylic acids is 1. The molecule has 3 rings (SSSR count). The van der Waals surface area contributed by atoms with E-state index in [-0.39, 0.29) is 25.8 Å². The average molecular weight is 546 g/mol. The van der Waals surface area contributed by atoms with Gasteiger partial charge in [-0.15, -0.1) is 10.2 Å². The van der Waals surface area contributed by atoms with Crippen molar-refractivity contribution >= 4 is 73.0 Å². The van der Waals surface area contributed by atoms with E-state index in [1.54, 1.807) is 30.0 Å². The lowest BCUT2D eigenvalue weighted by molar-refractivity contribution is -0.114. The number of aryl methyl sites for hydroxylation is 1. The van der Waals surface area contributed by atoms with Crippen molar-refractivity contribution in [2.24, 2.45) is 5.92 Å². The van der Waals surface area contributed by atoms with Crippen molar-refractivity contribution < 1.29 is 13.2 Å². The maximum Gasteiger partial charge on any atom is 0.264 e. The van der Waals surface area contributed by atoms with E-state index in [0.29, 0.717) is 5.92 Å². The Labute approximate surface area is 211 Å². The summed E-state index contributed by atoms with van der Waals surface area (Å²) in [5.74, 6) is 0.775. The van der Waals surface area contributed by atoms with Crippen LogP contribution in [-0.2, 0) is 14.8 Å². The fraction of sp³-hybridized carbons (Fsp3) is 0.286. The summed E-state index contributed by atoms with van der Waals surface area (Å²) < 4.78 is 28.6. The minimum atomic E-state index is -4.12. The van der Waals surface area contributed by atoms with E-state index in [4.69, 9.17) is 23.2 Å². The second-order valence-electron chi connectivity index (χ2n) is 7.55. The molecule has 1 aromatic heterocycles. The highest BCUT2D eigenvalue weighted by atomic mass is 35.5. The number of nitrogens with one attached hydrogen (secondary N) is 1. The Morgan fingerprint density at radius 3 is 2.52 bits per heavy atom. The number of amides is 1. The van der Waals surface area contributed by atoms with Crippen LogP contribution in [0.4, 0.5) is 10.8 Å². The quantitative estimate of drug-likeness (QED) is 0.273. The van der Waals surface area contributed by atoms with Crippen LogP contribution in [0.1, 0.15) is 19.4 Å². The first-order valence-electron chi connectivity index (χ1n) is 9.87. The zero-order valence-electron chi connectivity index (χ0n) is 18.1. The van der Waals surface area contributed by atoms with Gasteiger partial charge in [0.25, 0.3) is 10.0 Å². The second kappa shape index (κ2) is 11.1. The second-order valence-corrected chi connectivity index (χ2v) is 12.5. The van der Waals surface area contributed by atoms with Crippen LogP contribution in [0.15, 0.2) is 51.7 Å². The molecule has 1 N–H and O–H groups in total. The molecule has 0 aliphatic heterocycles. The van der Waals surface area contributed by atoms with E-state index in [9.17, 15) is 13.2 Å². The number of nitrogens with zero attached hydrogens (tertiary/aromatic N) is 3. The predicted octanol–water partition coefficient (Wildman–Crippen LogP) is 5.74. The van der Waals surface area contributed by atoms with E-state index in [1.165, 1.54) is 35.6 Å². The van der Waals surface area contributed by atoms with Gasteiger partial charge in [-0.3, -0.25) is 14.4 Å². The SMILES string of the molecule is Cc1ccc(S(=O)(=O)N(CC(=O)Nc2nnc(SCC(C)C)s2)c2cc(Cl)ccc2Cl)cc1. The number of sulfonamides is 1. The van der Waals surface area contributed by atoms with Gasteiger partial charge in [-0.2, -0.15) is 0 Å². The number of aromatic nitrogens is 2. The standard InChI is InChI=1S/C21H22Cl2N4O3S3/c1-13(2)12-31-21-26-25-20(32-21)24-19(28)11-27(18-10-15(22)6-9-17(18)23)33(29,30)16-7-4-14(3)5-8-16/h4-10,13H,11-12H2,1-3H3,(H,24,25,28). The highest BCUT2D eigenvalue weighted by molar-refractivity contribution is 8.01. The van der Waals surface area contributed by atoms with Crippen LogP contribution in [0.5, 0.6) is 0 Å². The van der Waals surface area contributed by atoms with Crippen LogP contribution in [0.25, 0.3) is 0 Å². The van der Waals surface area contributed by atoms with Gasteiger partial charge in [-0.1, -0.05) is 77.8 Å². The van der Waals surface area contributed by atoms with Crippen molar-refractivity contribution in [1.82, 2.24) is 10.2 Å². The Morgan fingerprint density at radius 1 is 1.15 bits per heavy atom. The lowest BCUT2D eigenvalue weighted by atomic mass is 10.2. The summed E-state index contributed by atoms with van der Waals surface area (Å²) in [6.07, 6.45) is 0. The lowest BCUT2D eigenvalue weighted by Crippen LogP contribution is -2.38. The minimum Gasteiger partial charge on any atom is -0.299 e. The number of rotatable bonds is 9. The molecule has 2 aromatic carbocycles. The molecule has 7 nitrogen and oxygen atoms in total. The molecule has 0 bridgehead atoms. The van der Waals surface area contributed by atoms with Gasteiger partial charge in [-0.25, -0.2) is 8.42 Å². The summed E-state index contributed by atoms with van der Waals surface area (Å²) in [5.41, 5.74) is 1.01. The third-order valence-electron chi connectivity index (χ3n) is 4.27. The van der Waals surface area contributed by atoms with E-state index in [0.717, 1.165) is 20.0 Å². The van der Waals surface area contributed by atoms with Crippen molar-refractivity contribution in [1.29, 1.82) is 0 Å². The first-order chi connectivity index (χ1) is 15.6. The minimum absolute atomic E-state index is 0.0280. The Bertz CT molecular complexity index is 1230. The summed E-state index contributed by atoms with van der Waals surface area (Å²) in [7, 11) is -4.12. The molecule has 0 aliphatic carbocycles. The summed E-state index contributed by atoms with van der Waals surface area (Å²) in [4.78, 5) is 12.9. The van der Waals surface area contributed by atoms with Gasteiger partial charge >= 0.3 is 0 Å². The topological polar surface area (TPSA) is 92.3 Å². The zero-order chi connectivity index (χ0) is 24.2. The average Bonchev–Trinajstić information content (AvgIpc) is 3.20. The molecule has 0 saturated heterocycles. The molecule has 0 spiro atoms. The van der Waals surface area contributed by atoms with Gasteiger partial charge in [-0.05, 0) is 43.2 Å². The molecule has 1 heterocycles. The summed E-state index contributed by atoms with van der Waals surface area (Å²) in [5, 5.41) is 11.4. The maximum absolute atomic E-state index is 13.5. The van der Waals surface area contributed by atoms with Gasteiger partial charge in [0.05, 0.1) is 15.6 Å². The number of hydrogen-bond acceptors (Lipinski definition) is 7. The zero-order valence-corrected chi connectivity index (χ0v) is 22.0. The van der Waals surface area contributed by atoms with Crippen LogP contribution >= 0.6 is 46.3 Å². The molecule has 33 heavy (non-hydrogen) atoms. The predicted molar refractivity (Wildman–Crippen MR) is 136 cm³/mol. The Balaban J connectivity index is 1.88. The largest absolute Gasteiger partial charge is 0.299 e. The molecule has 0 fully saturated rings. The fourth-order valence-corrected chi connectivity index (χ4v) is 6.27. The molecule has 12 heteroatoms. The van der Waals surface area contributed by atoms with Crippen molar-refractivity contribution in [2.75, 3.05) is 21.9 Å². The molecule has 176 valence electrons. The molecule has 1 amide bonds. The third kappa shape index (κ3) is 6.83. The van der Waals surface area contributed by atoms with Crippen LogP contribution in [-0.4, -0.2) is 36.8 Å². The summed E-state index contributed by atoms with van der Waals surface area (Å²) in [6, 6.07) is 10.8. The van der Waals surface area contributed by atoms with Crippen LogP contribution in [0.2, 0.25) is 10.0 Å². The van der Waals surface area contributed by atoms with Crippen LogP contribution < -0.4 is 9.62 Å². The van der Waals surface area contributed by atoms with Crippen molar-refractivity contribution in [3.8, 4) is 0 Å². The number of hydrogen-bond donors (Lipinski definition) is 1. The smallest absolute Gasteiger partial charge is 0.264 e. The molecule has 0 radical (unpaired) electrons. The Kier molecular flexibility index (Phi) is 8.63. The maximum atomic E-state index is 13.5. The van der Waals surface area contributed by atoms with Gasteiger partial charge in [0.15, 0.2) is 4.34 Å². The first kappa shape index (κ1) is 25.8. The number of halogens is 2. The van der Waals surface area contributed by atoms with E-state index < -0.39 is 22.5 Å². The Hall–Kier alpha value is -1.85. The van der Waals surface area contributed by atoms with E-state index in [2.05, 4.69) is 29.4 Å². The molecule has 3 aromatic rings. The van der Waals surface area contributed by atoms with Gasteiger partial charge < -0.3 is 0 Å². The molecule has 0 aliphatic rings. The fourth-order valence-electron chi connectivity index (χ4n) is 2.66. The van der Waals surface area contributed by atoms with Crippen LogP contribution in [0.3, 0.4) is 0 Å². The highest BCUT2D eigenvalue weighted by Gasteiger charge is 2.29. The molecule has 0 atom stereocenters. The summed E-state index contributed by atoms with van der Waals surface area (Å²) >= 11 is 15.2. The van der Waals surface area contributed by atoms with Gasteiger partial charge in [0.2, 0.25) is 11.0 Å². The van der Waals surface area contributed by atoms with Crippen molar-refractivity contribution in [2.45, 2.75) is 30.0 Å². The van der Waals surface area contributed by atoms with Crippen molar-refractivity contribution in [3.63, 3.8) is 0 Å². The lowest BCUT2D eigenvalue weighted by Gasteiger charge is -2.25.